The van der Waals surface area contributed by atoms with E-state index in [0.717, 1.165) is 38.2 Å². The molecular weight excluding hydrogens is 262 g/mol. The first-order valence-electron chi connectivity index (χ1n) is 6.67. The Morgan fingerprint density at radius 2 is 2.32 bits per heavy atom. The number of hydrogen-bond donors (Lipinski definition) is 2. The number of anilines is 1. The van der Waals surface area contributed by atoms with Crippen molar-refractivity contribution in [3.05, 3.63) is 16.3 Å². The number of nitrogens with one attached hydrogen (secondary N) is 1. The highest BCUT2D eigenvalue weighted by molar-refractivity contribution is 7.10. The molecular formula is C13H21N3O2S. The third-order valence-electron chi connectivity index (χ3n) is 3.35. The van der Waals surface area contributed by atoms with Gasteiger partial charge in [-0.3, -0.25) is 0 Å². The summed E-state index contributed by atoms with van der Waals surface area (Å²) in [6, 6.07) is 2.39. The lowest BCUT2D eigenvalue weighted by molar-refractivity contribution is 0.0950. The van der Waals surface area contributed by atoms with Gasteiger partial charge in [0.2, 0.25) is 0 Å². The van der Waals surface area contributed by atoms with Crippen molar-refractivity contribution >= 4 is 23.1 Å². The average Bonchev–Trinajstić information content (AvgIpc) is 2.83. The third kappa shape index (κ3) is 3.84. The van der Waals surface area contributed by atoms with Crippen LogP contribution in [0.3, 0.4) is 0 Å². The van der Waals surface area contributed by atoms with Crippen LogP contribution in [-0.4, -0.2) is 36.7 Å². The van der Waals surface area contributed by atoms with Gasteiger partial charge in [0.05, 0.1) is 6.61 Å². The van der Waals surface area contributed by atoms with Crippen molar-refractivity contribution in [1.82, 2.24) is 10.2 Å². The summed E-state index contributed by atoms with van der Waals surface area (Å²) in [5.74, 6) is 0. The summed E-state index contributed by atoms with van der Waals surface area (Å²) < 4.78 is 5.00. The number of hydrogen-bond acceptors (Lipinski definition) is 5. The third-order valence-corrected chi connectivity index (χ3v) is 4.29. The van der Waals surface area contributed by atoms with Crippen LogP contribution in [0.25, 0.3) is 0 Å². The summed E-state index contributed by atoms with van der Waals surface area (Å²) in [4.78, 5) is 14.5. The lowest BCUT2D eigenvalue weighted by atomic mass is 10.1. The molecule has 0 spiro atoms. The first kappa shape index (κ1) is 14.1. The minimum atomic E-state index is -0.191. The molecule has 106 valence electrons. The van der Waals surface area contributed by atoms with Gasteiger partial charge >= 0.3 is 6.09 Å². The fraction of sp³-hybridized carbons (Fsp3) is 0.615. The molecule has 2 rings (SSSR count). The standard InChI is InChI=1S/C13H21N3O2S/c1-2-18-13(17)16-6-3-10(4-7-16)15-9-12-11(14)5-8-19-12/h5,8,10,15H,2-4,6-7,9,14H2,1H3. The second-order valence-corrected chi connectivity index (χ2v) is 5.64. The van der Waals surface area contributed by atoms with E-state index >= 15 is 0 Å². The highest BCUT2D eigenvalue weighted by Crippen LogP contribution is 2.19. The lowest BCUT2D eigenvalue weighted by Crippen LogP contribution is -2.44. The van der Waals surface area contributed by atoms with Crippen molar-refractivity contribution in [2.24, 2.45) is 0 Å². The van der Waals surface area contributed by atoms with E-state index in [9.17, 15) is 4.79 Å². The Labute approximate surface area is 117 Å². The number of carbonyl (C=O) groups is 1. The zero-order valence-corrected chi connectivity index (χ0v) is 12.0. The van der Waals surface area contributed by atoms with Crippen molar-refractivity contribution in [2.45, 2.75) is 32.4 Å². The number of piperidine rings is 1. The maximum Gasteiger partial charge on any atom is 0.409 e. The van der Waals surface area contributed by atoms with Gasteiger partial charge in [0.25, 0.3) is 0 Å². The molecule has 0 aliphatic carbocycles. The van der Waals surface area contributed by atoms with E-state index < -0.39 is 0 Å². The largest absolute Gasteiger partial charge is 0.450 e. The minimum absolute atomic E-state index is 0.191. The fourth-order valence-electron chi connectivity index (χ4n) is 2.21. The van der Waals surface area contributed by atoms with E-state index in [2.05, 4.69) is 5.32 Å². The number of ether oxygens (including phenoxy) is 1. The van der Waals surface area contributed by atoms with Crippen LogP contribution in [0.1, 0.15) is 24.6 Å². The molecule has 0 unspecified atom stereocenters. The summed E-state index contributed by atoms with van der Waals surface area (Å²) in [5.41, 5.74) is 6.71. The van der Waals surface area contributed by atoms with Crippen molar-refractivity contribution in [3.63, 3.8) is 0 Å². The molecule has 0 bridgehead atoms. The molecule has 1 saturated heterocycles. The van der Waals surface area contributed by atoms with E-state index in [-0.39, 0.29) is 6.09 Å². The molecule has 1 aromatic rings. The van der Waals surface area contributed by atoms with E-state index in [1.807, 2.05) is 18.4 Å². The van der Waals surface area contributed by atoms with Gasteiger partial charge in [-0.05, 0) is 31.2 Å². The Morgan fingerprint density at radius 1 is 1.58 bits per heavy atom. The number of nitrogen functional groups attached to an aromatic ring is 1. The zero-order valence-electron chi connectivity index (χ0n) is 11.2. The lowest BCUT2D eigenvalue weighted by Gasteiger charge is -2.31. The van der Waals surface area contributed by atoms with Crippen LogP contribution in [0, 0.1) is 0 Å². The van der Waals surface area contributed by atoms with Crippen LogP contribution < -0.4 is 11.1 Å². The summed E-state index contributed by atoms with van der Waals surface area (Å²) in [7, 11) is 0. The minimum Gasteiger partial charge on any atom is -0.450 e. The molecule has 0 atom stereocenters. The van der Waals surface area contributed by atoms with E-state index in [0.29, 0.717) is 12.6 Å². The molecule has 1 aliphatic rings. The number of thiophene rings is 1. The topological polar surface area (TPSA) is 67.6 Å². The second-order valence-electron chi connectivity index (χ2n) is 4.64. The quantitative estimate of drug-likeness (QED) is 0.887. The van der Waals surface area contributed by atoms with E-state index in [4.69, 9.17) is 10.5 Å². The molecule has 6 heteroatoms. The van der Waals surface area contributed by atoms with Gasteiger partial charge in [0, 0.05) is 36.2 Å². The number of likely N-dealkylation sites (tertiary alicyclic amines) is 1. The predicted molar refractivity (Wildman–Crippen MR) is 77.2 cm³/mol. The summed E-state index contributed by atoms with van der Waals surface area (Å²) in [6.45, 7) is 4.60. The van der Waals surface area contributed by atoms with Crippen LogP contribution >= 0.6 is 11.3 Å². The maximum atomic E-state index is 11.6. The van der Waals surface area contributed by atoms with Crippen LogP contribution in [0.5, 0.6) is 0 Å². The monoisotopic (exact) mass is 283 g/mol. The molecule has 3 N–H and O–H groups in total. The van der Waals surface area contributed by atoms with Gasteiger partial charge in [-0.15, -0.1) is 11.3 Å². The van der Waals surface area contributed by atoms with Crippen molar-refractivity contribution in [3.8, 4) is 0 Å². The Hall–Kier alpha value is -1.27. The van der Waals surface area contributed by atoms with Gasteiger partial charge in [0.1, 0.15) is 0 Å². The highest BCUT2D eigenvalue weighted by atomic mass is 32.1. The number of amides is 1. The first-order valence-corrected chi connectivity index (χ1v) is 7.55. The van der Waals surface area contributed by atoms with Crippen molar-refractivity contribution in [2.75, 3.05) is 25.4 Å². The molecule has 1 fully saturated rings. The maximum absolute atomic E-state index is 11.6. The van der Waals surface area contributed by atoms with Crippen molar-refractivity contribution < 1.29 is 9.53 Å². The highest BCUT2D eigenvalue weighted by Gasteiger charge is 2.23. The van der Waals surface area contributed by atoms with Crippen LogP contribution in [-0.2, 0) is 11.3 Å². The van der Waals surface area contributed by atoms with Gasteiger partial charge in [-0.25, -0.2) is 4.79 Å². The predicted octanol–water partition coefficient (Wildman–Crippen LogP) is 2.04. The Bertz CT molecular complexity index is 414. The Morgan fingerprint density at radius 3 is 2.89 bits per heavy atom. The Kier molecular flexibility index (Phi) is 5.04. The summed E-state index contributed by atoms with van der Waals surface area (Å²) in [6.07, 6.45) is 1.73. The molecule has 1 aromatic heterocycles. The molecule has 1 aliphatic heterocycles. The average molecular weight is 283 g/mol. The Balaban J connectivity index is 1.72. The van der Waals surface area contributed by atoms with Crippen LogP contribution in [0.4, 0.5) is 10.5 Å². The summed E-state index contributed by atoms with van der Waals surface area (Å²) in [5, 5.41) is 5.52. The molecule has 0 aromatic carbocycles. The van der Waals surface area contributed by atoms with Gasteiger partial charge in [-0.1, -0.05) is 0 Å². The number of nitrogens with zero attached hydrogens (tertiary/aromatic N) is 1. The van der Waals surface area contributed by atoms with Gasteiger partial charge in [-0.2, -0.15) is 0 Å². The second kappa shape index (κ2) is 6.77. The van der Waals surface area contributed by atoms with Gasteiger partial charge < -0.3 is 20.7 Å². The zero-order chi connectivity index (χ0) is 13.7. The number of nitrogens with two attached hydrogens (primary N) is 1. The smallest absolute Gasteiger partial charge is 0.409 e. The van der Waals surface area contributed by atoms with Crippen molar-refractivity contribution in [1.29, 1.82) is 0 Å². The van der Waals surface area contributed by atoms with Crippen LogP contribution in [0.15, 0.2) is 11.4 Å². The van der Waals surface area contributed by atoms with Crippen LogP contribution in [0.2, 0.25) is 0 Å². The SMILES string of the molecule is CCOC(=O)N1CCC(NCc2sccc2N)CC1. The van der Waals surface area contributed by atoms with E-state index in [1.54, 1.807) is 16.2 Å². The fourth-order valence-corrected chi connectivity index (χ4v) is 2.96. The molecule has 19 heavy (non-hydrogen) atoms. The molecule has 2 heterocycles. The number of carbonyl (C=O) groups excluding carboxylic acids is 1. The molecule has 5 nitrogen and oxygen atoms in total. The first-order chi connectivity index (χ1) is 9.20. The molecule has 1 amide bonds. The normalized spacial score (nSPS) is 16.6. The molecule has 0 radical (unpaired) electrons. The molecule has 0 saturated carbocycles. The number of rotatable bonds is 4. The van der Waals surface area contributed by atoms with E-state index in [1.165, 1.54) is 4.88 Å². The summed E-state index contributed by atoms with van der Waals surface area (Å²) >= 11 is 1.68. The van der Waals surface area contributed by atoms with Gasteiger partial charge in [0.15, 0.2) is 0 Å².